The molecule has 0 spiro atoms. The third-order valence-electron chi connectivity index (χ3n) is 2.28. The predicted octanol–water partition coefficient (Wildman–Crippen LogP) is 2.40. The average Bonchev–Trinajstić information content (AvgIpc) is 2.40. The van der Waals surface area contributed by atoms with Gasteiger partial charge in [0, 0.05) is 11.1 Å². The van der Waals surface area contributed by atoms with Crippen molar-refractivity contribution in [2.24, 2.45) is 0 Å². The standard InChI is InChI=1S/C12H10N2O2S/c1-2-12(14-13-5-1)17-9-3-4-10-11(8-9)16-7-6-15-10/h1-5,8H,6-7H2. The van der Waals surface area contributed by atoms with E-state index in [0.29, 0.717) is 13.2 Å². The summed E-state index contributed by atoms with van der Waals surface area (Å²) in [7, 11) is 0. The van der Waals surface area contributed by atoms with Crippen molar-refractivity contribution in [3.8, 4) is 11.5 Å². The van der Waals surface area contributed by atoms with Gasteiger partial charge in [0.2, 0.25) is 0 Å². The molecular formula is C12H10N2O2S. The van der Waals surface area contributed by atoms with Crippen molar-refractivity contribution >= 4 is 11.8 Å². The van der Waals surface area contributed by atoms with Crippen LogP contribution in [0.15, 0.2) is 46.5 Å². The topological polar surface area (TPSA) is 44.2 Å². The summed E-state index contributed by atoms with van der Waals surface area (Å²) in [6, 6.07) is 9.68. The minimum Gasteiger partial charge on any atom is -0.486 e. The lowest BCUT2D eigenvalue weighted by Gasteiger charge is -2.18. The van der Waals surface area contributed by atoms with Gasteiger partial charge in [-0.3, -0.25) is 0 Å². The Balaban J connectivity index is 1.84. The van der Waals surface area contributed by atoms with Crippen LogP contribution < -0.4 is 9.47 Å². The number of nitrogens with zero attached hydrogens (tertiary/aromatic N) is 2. The van der Waals surface area contributed by atoms with Gasteiger partial charge >= 0.3 is 0 Å². The molecular weight excluding hydrogens is 236 g/mol. The van der Waals surface area contributed by atoms with Gasteiger partial charge in [0.15, 0.2) is 11.5 Å². The van der Waals surface area contributed by atoms with E-state index in [2.05, 4.69) is 10.2 Å². The predicted molar refractivity (Wildman–Crippen MR) is 63.6 cm³/mol. The van der Waals surface area contributed by atoms with Gasteiger partial charge in [0.05, 0.1) is 0 Å². The van der Waals surface area contributed by atoms with Gasteiger partial charge in [-0.25, -0.2) is 0 Å². The molecule has 0 aliphatic carbocycles. The number of aromatic nitrogens is 2. The first-order valence-electron chi connectivity index (χ1n) is 5.27. The zero-order chi connectivity index (χ0) is 11.5. The Labute approximate surface area is 103 Å². The Morgan fingerprint density at radius 3 is 2.76 bits per heavy atom. The highest BCUT2D eigenvalue weighted by molar-refractivity contribution is 7.99. The SMILES string of the molecule is c1cnnc(Sc2ccc3c(c2)OCCO3)c1. The van der Waals surface area contributed by atoms with Gasteiger partial charge in [-0.15, -0.1) is 5.10 Å². The Kier molecular flexibility index (Phi) is 2.83. The molecule has 5 heteroatoms. The zero-order valence-electron chi connectivity index (χ0n) is 9.00. The van der Waals surface area contributed by atoms with Crippen molar-refractivity contribution in [2.45, 2.75) is 9.92 Å². The van der Waals surface area contributed by atoms with Gasteiger partial charge in [0.1, 0.15) is 18.2 Å². The highest BCUT2D eigenvalue weighted by atomic mass is 32.2. The summed E-state index contributed by atoms with van der Waals surface area (Å²) in [6.07, 6.45) is 1.66. The Hall–Kier alpha value is -1.75. The molecule has 0 unspecified atom stereocenters. The van der Waals surface area contributed by atoms with Crippen LogP contribution in [0.1, 0.15) is 0 Å². The van der Waals surface area contributed by atoms with Crippen molar-refractivity contribution < 1.29 is 9.47 Å². The lowest BCUT2D eigenvalue weighted by Crippen LogP contribution is -2.15. The molecule has 0 radical (unpaired) electrons. The largest absolute Gasteiger partial charge is 0.486 e. The lowest BCUT2D eigenvalue weighted by atomic mass is 10.3. The zero-order valence-corrected chi connectivity index (χ0v) is 9.81. The maximum atomic E-state index is 5.53. The molecule has 0 saturated heterocycles. The molecule has 0 saturated carbocycles. The molecule has 2 heterocycles. The molecule has 0 amide bonds. The number of hydrogen-bond donors (Lipinski definition) is 0. The molecule has 2 aromatic rings. The molecule has 1 aromatic heterocycles. The third kappa shape index (κ3) is 2.34. The van der Waals surface area contributed by atoms with E-state index in [1.807, 2.05) is 30.3 Å². The molecule has 86 valence electrons. The molecule has 1 aliphatic heterocycles. The van der Waals surface area contributed by atoms with Crippen molar-refractivity contribution in [3.05, 3.63) is 36.5 Å². The maximum absolute atomic E-state index is 5.53. The monoisotopic (exact) mass is 246 g/mol. The van der Waals surface area contributed by atoms with Gasteiger partial charge in [-0.1, -0.05) is 11.8 Å². The molecule has 3 rings (SSSR count). The number of benzene rings is 1. The minimum atomic E-state index is 0.603. The van der Waals surface area contributed by atoms with E-state index in [0.717, 1.165) is 21.4 Å². The number of fused-ring (bicyclic) bond motifs is 1. The van der Waals surface area contributed by atoms with E-state index in [1.165, 1.54) is 0 Å². The summed E-state index contributed by atoms with van der Waals surface area (Å²) in [4.78, 5) is 1.06. The molecule has 0 bridgehead atoms. The van der Waals surface area contributed by atoms with Crippen LogP contribution in [0.25, 0.3) is 0 Å². The molecule has 0 N–H and O–H groups in total. The normalized spacial score (nSPS) is 13.4. The fourth-order valence-corrected chi connectivity index (χ4v) is 2.33. The second kappa shape index (κ2) is 4.63. The fraction of sp³-hybridized carbons (Fsp3) is 0.167. The summed E-state index contributed by atoms with van der Waals surface area (Å²) >= 11 is 1.55. The van der Waals surface area contributed by atoms with E-state index in [4.69, 9.17) is 9.47 Å². The highest BCUT2D eigenvalue weighted by Crippen LogP contribution is 2.35. The maximum Gasteiger partial charge on any atom is 0.162 e. The van der Waals surface area contributed by atoms with Gasteiger partial charge in [-0.2, -0.15) is 5.10 Å². The number of rotatable bonds is 2. The molecule has 0 fully saturated rings. The quantitative estimate of drug-likeness (QED) is 0.814. The van der Waals surface area contributed by atoms with Gasteiger partial charge in [-0.05, 0) is 30.3 Å². The smallest absolute Gasteiger partial charge is 0.162 e. The van der Waals surface area contributed by atoms with Crippen LogP contribution in [-0.2, 0) is 0 Å². The van der Waals surface area contributed by atoms with E-state index in [1.54, 1.807) is 18.0 Å². The van der Waals surface area contributed by atoms with Crippen LogP contribution in [0.4, 0.5) is 0 Å². The Bertz CT molecular complexity index is 519. The first-order chi connectivity index (χ1) is 8.42. The molecule has 4 nitrogen and oxygen atoms in total. The van der Waals surface area contributed by atoms with Crippen LogP contribution in [0.5, 0.6) is 11.5 Å². The van der Waals surface area contributed by atoms with E-state index < -0.39 is 0 Å². The molecule has 0 atom stereocenters. The van der Waals surface area contributed by atoms with Crippen LogP contribution >= 0.6 is 11.8 Å². The van der Waals surface area contributed by atoms with Gasteiger partial charge in [0.25, 0.3) is 0 Å². The second-order valence-corrected chi connectivity index (χ2v) is 4.56. The molecule has 1 aromatic carbocycles. The van der Waals surface area contributed by atoms with Crippen LogP contribution in [0.3, 0.4) is 0 Å². The van der Waals surface area contributed by atoms with E-state index in [-0.39, 0.29) is 0 Å². The van der Waals surface area contributed by atoms with E-state index in [9.17, 15) is 0 Å². The van der Waals surface area contributed by atoms with Crippen molar-refractivity contribution in [2.75, 3.05) is 13.2 Å². The van der Waals surface area contributed by atoms with Crippen molar-refractivity contribution in [1.29, 1.82) is 0 Å². The number of ether oxygens (including phenoxy) is 2. The van der Waals surface area contributed by atoms with Crippen LogP contribution in [0.2, 0.25) is 0 Å². The third-order valence-corrected chi connectivity index (χ3v) is 3.20. The van der Waals surface area contributed by atoms with Gasteiger partial charge < -0.3 is 9.47 Å². The Morgan fingerprint density at radius 2 is 1.94 bits per heavy atom. The summed E-state index contributed by atoms with van der Waals surface area (Å²) in [5.74, 6) is 1.60. The van der Waals surface area contributed by atoms with Crippen molar-refractivity contribution in [3.63, 3.8) is 0 Å². The minimum absolute atomic E-state index is 0.603. The summed E-state index contributed by atoms with van der Waals surface area (Å²) < 4.78 is 11.0. The highest BCUT2D eigenvalue weighted by Gasteiger charge is 2.12. The molecule has 1 aliphatic rings. The summed E-state index contributed by atoms with van der Waals surface area (Å²) in [5, 5.41) is 8.73. The fourth-order valence-electron chi connectivity index (χ4n) is 1.55. The Morgan fingerprint density at radius 1 is 1.06 bits per heavy atom. The second-order valence-electron chi connectivity index (χ2n) is 3.47. The summed E-state index contributed by atoms with van der Waals surface area (Å²) in [6.45, 7) is 1.22. The van der Waals surface area contributed by atoms with Crippen molar-refractivity contribution in [1.82, 2.24) is 10.2 Å². The van der Waals surface area contributed by atoms with Crippen LogP contribution in [0, 0.1) is 0 Å². The average molecular weight is 246 g/mol. The summed E-state index contributed by atoms with van der Waals surface area (Å²) in [5.41, 5.74) is 0. The lowest BCUT2D eigenvalue weighted by molar-refractivity contribution is 0.171. The molecule has 17 heavy (non-hydrogen) atoms. The first-order valence-corrected chi connectivity index (χ1v) is 6.09. The van der Waals surface area contributed by atoms with Crippen LogP contribution in [-0.4, -0.2) is 23.4 Å². The first kappa shape index (κ1) is 10.4. The van der Waals surface area contributed by atoms with E-state index >= 15 is 0 Å². The number of hydrogen-bond acceptors (Lipinski definition) is 5.